The van der Waals surface area contributed by atoms with E-state index in [-0.39, 0.29) is 5.91 Å². The van der Waals surface area contributed by atoms with E-state index in [4.69, 9.17) is 0 Å². The highest BCUT2D eigenvalue weighted by atomic mass is 32.1. The van der Waals surface area contributed by atoms with Crippen LogP contribution >= 0.6 is 11.3 Å². The molecule has 7 heteroatoms. The van der Waals surface area contributed by atoms with Crippen LogP contribution < -0.4 is 10.6 Å². The number of benzene rings is 1. The van der Waals surface area contributed by atoms with Crippen LogP contribution in [0.2, 0.25) is 0 Å². The molecule has 2 aromatic heterocycles. The Morgan fingerprint density at radius 3 is 2.76 bits per heavy atom. The number of aryl methyl sites for hydroxylation is 3. The first-order valence-electron chi connectivity index (χ1n) is 7.97. The maximum atomic E-state index is 12.6. The molecule has 0 radical (unpaired) electrons. The van der Waals surface area contributed by atoms with E-state index in [0.29, 0.717) is 5.13 Å². The summed E-state index contributed by atoms with van der Waals surface area (Å²) in [7, 11) is 3.57. The molecule has 1 amide bonds. The van der Waals surface area contributed by atoms with Crippen molar-refractivity contribution in [2.75, 3.05) is 12.4 Å². The van der Waals surface area contributed by atoms with Crippen LogP contribution in [0.1, 0.15) is 22.7 Å². The molecule has 2 heterocycles. The molecule has 3 rings (SSSR count). The van der Waals surface area contributed by atoms with Crippen molar-refractivity contribution in [1.29, 1.82) is 0 Å². The van der Waals surface area contributed by atoms with Gasteiger partial charge in [-0.2, -0.15) is 5.10 Å². The van der Waals surface area contributed by atoms with Crippen molar-refractivity contribution in [3.05, 3.63) is 52.7 Å². The van der Waals surface area contributed by atoms with Gasteiger partial charge >= 0.3 is 0 Å². The Balaban J connectivity index is 1.77. The fourth-order valence-electron chi connectivity index (χ4n) is 2.77. The molecule has 0 saturated carbocycles. The smallest absolute Gasteiger partial charge is 0.247 e. The van der Waals surface area contributed by atoms with E-state index >= 15 is 0 Å². The summed E-state index contributed by atoms with van der Waals surface area (Å²) < 4.78 is 1.68. The largest absolute Gasteiger partial charge is 0.305 e. The third-order valence-electron chi connectivity index (χ3n) is 4.00. The molecule has 0 aliphatic carbocycles. The molecule has 1 unspecified atom stereocenters. The van der Waals surface area contributed by atoms with Gasteiger partial charge in [-0.3, -0.25) is 9.48 Å². The number of carbonyl (C=O) groups excluding carboxylic acids is 1. The predicted octanol–water partition coefficient (Wildman–Crippen LogP) is 3.06. The average molecular weight is 355 g/mol. The maximum absolute atomic E-state index is 12.6. The summed E-state index contributed by atoms with van der Waals surface area (Å²) in [6.07, 6.45) is 3.51. The Labute approximate surface area is 150 Å². The Kier molecular flexibility index (Phi) is 4.96. The van der Waals surface area contributed by atoms with Crippen molar-refractivity contribution < 1.29 is 4.79 Å². The highest BCUT2D eigenvalue weighted by Crippen LogP contribution is 2.28. The first-order chi connectivity index (χ1) is 12.0. The van der Waals surface area contributed by atoms with E-state index in [9.17, 15) is 4.79 Å². The zero-order valence-electron chi connectivity index (χ0n) is 14.7. The number of nitrogens with zero attached hydrogens (tertiary/aromatic N) is 3. The van der Waals surface area contributed by atoms with Crippen molar-refractivity contribution in [2.24, 2.45) is 7.05 Å². The van der Waals surface area contributed by atoms with Gasteiger partial charge in [-0.15, -0.1) is 11.3 Å². The number of likely N-dealkylation sites (N-methyl/N-ethyl adjacent to an activating group) is 1. The number of rotatable bonds is 5. The van der Waals surface area contributed by atoms with Crippen LogP contribution in [0.5, 0.6) is 0 Å². The standard InChI is InChI=1S/C18H21N5OS/c1-11-5-6-14(12(2)7-11)15-10-25-18(21-15)22-17(24)16(19-3)13-8-20-23(4)9-13/h5-10,16,19H,1-4H3,(H,21,22,24). The fourth-order valence-corrected chi connectivity index (χ4v) is 3.49. The van der Waals surface area contributed by atoms with Gasteiger partial charge in [0.1, 0.15) is 6.04 Å². The molecule has 3 aromatic rings. The summed E-state index contributed by atoms with van der Waals surface area (Å²) in [6, 6.07) is 5.80. The molecule has 0 fully saturated rings. The zero-order chi connectivity index (χ0) is 18.0. The minimum atomic E-state index is -0.470. The molecular weight excluding hydrogens is 334 g/mol. The summed E-state index contributed by atoms with van der Waals surface area (Å²) >= 11 is 1.42. The van der Waals surface area contributed by atoms with E-state index in [2.05, 4.69) is 52.8 Å². The molecule has 6 nitrogen and oxygen atoms in total. The maximum Gasteiger partial charge on any atom is 0.247 e. The number of amides is 1. The monoisotopic (exact) mass is 355 g/mol. The van der Waals surface area contributed by atoms with Gasteiger partial charge in [-0.25, -0.2) is 4.98 Å². The Hall–Kier alpha value is -2.51. The molecule has 0 aliphatic heterocycles. The fraction of sp³-hybridized carbons (Fsp3) is 0.278. The van der Waals surface area contributed by atoms with Gasteiger partial charge < -0.3 is 10.6 Å². The Morgan fingerprint density at radius 2 is 2.12 bits per heavy atom. The summed E-state index contributed by atoms with van der Waals surface area (Å²) in [6.45, 7) is 4.14. The SMILES string of the molecule is CNC(C(=O)Nc1nc(-c2ccc(C)cc2C)cs1)c1cnn(C)c1. The first-order valence-corrected chi connectivity index (χ1v) is 8.85. The van der Waals surface area contributed by atoms with E-state index < -0.39 is 6.04 Å². The van der Waals surface area contributed by atoms with E-state index in [0.717, 1.165) is 16.8 Å². The molecule has 130 valence electrons. The second kappa shape index (κ2) is 7.16. The molecular formula is C18H21N5OS. The number of hydrogen-bond acceptors (Lipinski definition) is 5. The predicted molar refractivity (Wildman–Crippen MR) is 101 cm³/mol. The topological polar surface area (TPSA) is 71.8 Å². The lowest BCUT2D eigenvalue weighted by Crippen LogP contribution is -2.30. The average Bonchev–Trinajstić information content (AvgIpc) is 3.18. The zero-order valence-corrected chi connectivity index (χ0v) is 15.5. The second-order valence-corrected chi connectivity index (χ2v) is 6.87. The third kappa shape index (κ3) is 3.78. The minimum Gasteiger partial charge on any atom is -0.305 e. The Morgan fingerprint density at radius 1 is 1.32 bits per heavy atom. The number of anilines is 1. The molecule has 0 spiro atoms. The molecule has 1 aromatic carbocycles. The number of hydrogen-bond donors (Lipinski definition) is 2. The van der Waals surface area contributed by atoms with E-state index in [1.54, 1.807) is 17.9 Å². The van der Waals surface area contributed by atoms with Crippen LogP contribution in [0.3, 0.4) is 0 Å². The van der Waals surface area contributed by atoms with Gasteiger partial charge in [0, 0.05) is 29.8 Å². The number of nitrogens with one attached hydrogen (secondary N) is 2. The molecule has 1 atom stereocenters. The lowest BCUT2D eigenvalue weighted by molar-refractivity contribution is -0.118. The second-order valence-electron chi connectivity index (χ2n) is 6.01. The van der Waals surface area contributed by atoms with Crippen LogP contribution in [0, 0.1) is 13.8 Å². The normalized spacial score (nSPS) is 12.2. The summed E-state index contributed by atoms with van der Waals surface area (Å²) in [5.74, 6) is -0.156. The van der Waals surface area contributed by atoms with Crippen molar-refractivity contribution in [1.82, 2.24) is 20.1 Å². The minimum absolute atomic E-state index is 0.156. The first kappa shape index (κ1) is 17.3. The van der Waals surface area contributed by atoms with Crippen LogP contribution in [0.4, 0.5) is 5.13 Å². The highest BCUT2D eigenvalue weighted by molar-refractivity contribution is 7.14. The van der Waals surface area contributed by atoms with Gasteiger partial charge in [0.15, 0.2) is 5.13 Å². The number of aromatic nitrogens is 3. The van der Waals surface area contributed by atoms with Crippen LogP contribution in [-0.4, -0.2) is 27.7 Å². The van der Waals surface area contributed by atoms with Crippen molar-refractivity contribution in [3.8, 4) is 11.3 Å². The molecule has 2 N–H and O–H groups in total. The molecule has 25 heavy (non-hydrogen) atoms. The van der Waals surface area contributed by atoms with Gasteiger partial charge in [0.25, 0.3) is 0 Å². The van der Waals surface area contributed by atoms with Crippen LogP contribution in [-0.2, 0) is 11.8 Å². The molecule has 0 aliphatic rings. The van der Waals surface area contributed by atoms with Gasteiger partial charge in [-0.05, 0) is 26.5 Å². The molecule has 0 bridgehead atoms. The summed E-state index contributed by atoms with van der Waals surface area (Å²) in [4.78, 5) is 17.1. The third-order valence-corrected chi connectivity index (χ3v) is 4.76. The van der Waals surface area contributed by atoms with Gasteiger partial charge in [0.05, 0.1) is 11.9 Å². The number of carbonyl (C=O) groups is 1. The lowest BCUT2D eigenvalue weighted by Gasteiger charge is -2.13. The Bertz CT molecular complexity index is 899. The number of thiazole rings is 1. The van der Waals surface area contributed by atoms with Crippen molar-refractivity contribution >= 4 is 22.4 Å². The highest BCUT2D eigenvalue weighted by Gasteiger charge is 2.21. The van der Waals surface area contributed by atoms with Crippen molar-refractivity contribution in [3.63, 3.8) is 0 Å². The summed E-state index contributed by atoms with van der Waals surface area (Å²) in [5.41, 5.74) is 5.17. The lowest BCUT2D eigenvalue weighted by atomic mass is 10.0. The quantitative estimate of drug-likeness (QED) is 0.738. The van der Waals surface area contributed by atoms with Gasteiger partial charge in [0.2, 0.25) is 5.91 Å². The van der Waals surface area contributed by atoms with E-state index in [1.807, 2.05) is 18.6 Å². The van der Waals surface area contributed by atoms with Crippen LogP contribution in [0.15, 0.2) is 36.0 Å². The summed E-state index contributed by atoms with van der Waals surface area (Å²) in [5, 5.41) is 12.6. The van der Waals surface area contributed by atoms with Crippen LogP contribution in [0.25, 0.3) is 11.3 Å². The van der Waals surface area contributed by atoms with Gasteiger partial charge in [-0.1, -0.05) is 23.8 Å². The van der Waals surface area contributed by atoms with E-state index in [1.165, 1.54) is 22.5 Å². The molecule has 0 saturated heterocycles. The van der Waals surface area contributed by atoms with Crippen molar-refractivity contribution in [2.45, 2.75) is 19.9 Å².